The van der Waals surface area contributed by atoms with E-state index in [4.69, 9.17) is 5.73 Å². The van der Waals surface area contributed by atoms with Crippen molar-refractivity contribution in [2.24, 2.45) is 5.73 Å². The van der Waals surface area contributed by atoms with Crippen LogP contribution < -0.4 is 10.6 Å². The van der Waals surface area contributed by atoms with Crippen molar-refractivity contribution in [1.29, 1.82) is 0 Å². The van der Waals surface area contributed by atoms with E-state index in [1.54, 1.807) is 0 Å². The molecule has 0 spiro atoms. The number of likely N-dealkylation sites (N-methyl/N-ethyl adjacent to an activating group) is 1. The topological polar surface area (TPSA) is 55.0 Å². The summed E-state index contributed by atoms with van der Waals surface area (Å²) in [6, 6.07) is 2.21. The molecular formula is C12H22N4. The first kappa shape index (κ1) is 12.9. The highest BCUT2D eigenvalue weighted by Gasteiger charge is 2.18. The molecule has 1 aromatic rings. The fourth-order valence-electron chi connectivity index (χ4n) is 1.29. The number of hydrogen-bond acceptors (Lipinski definition) is 4. The van der Waals surface area contributed by atoms with E-state index in [1.165, 1.54) is 0 Å². The summed E-state index contributed by atoms with van der Waals surface area (Å²) >= 11 is 0. The molecule has 0 amide bonds. The summed E-state index contributed by atoms with van der Waals surface area (Å²) in [7, 11) is 1.97. The summed E-state index contributed by atoms with van der Waals surface area (Å²) in [5, 5.41) is 0. The first-order chi connectivity index (χ1) is 7.36. The van der Waals surface area contributed by atoms with Crippen molar-refractivity contribution in [3.8, 4) is 0 Å². The predicted octanol–water partition coefficient (Wildman–Crippen LogP) is 1.56. The van der Waals surface area contributed by atoms with Crippen LogP contribution in [0.15, 0.2) is 12.3 Å². The minimum Gasteiger partial charge on any atom is -0.340 e. The average molecular weight is 222 g/mol. The first-order valence-corrected chi connectivity index (χ1v) is 5.62. The second-order valence-electron chi connectivity index (χ2n) is 5.19. The molecule has 4 heteroatoms. The lowest BCUT2D eigenvalue weighted by molar-refractivity contribution is 0.563. The molecule has 0 fully saturated rings. The summed E-state index contributed by atoms with van der Waals surface area (Å²) in [6.45, 7) is 9.09. The Morgan fingerprint density at radius 3 is 2.56 bits per heavy atom. The Labute approximate surface area is 97.9 Å². The van der Waals surface area contributed by atoms with Crippen molar-refractivity contribution in [3.63, 3.8) is 0 Å². The third-order valence-corrected chi connectivity index (χ3v) is 2.73. The standard InChI is InChI=1S/C12H22N4/c1-9(8-13)16(5)11-14-7-6-10(15-11)12(2,3)4/h6-7,9H,8,13H2,1-5H3. The minimum absolute atomic E-state index is 0.0461. The maximum Gasteiger partial charge on any atom is 0.225 e. The lowest BCUT2D eigenvalue weighted by atomic mass is 9.92. The number of anilines is 1. The average Bonchev–Trinajstić information content (AvgIpc) is 2.26. The molecule has 1 atom stereocenters. The maximum atomic E-state index is 5.64. The zero-order valence-electron chi connectivity index (χ0n) is 10.9. The van der Waals surface area contributed by atoms with Crippen molar-refractivity contribution in [2.75, 3.05) is 18.5 Å². The molecule has 1 rings (SSSR count). The van der Waals surface area contributed by atoms with Gasteiger partial charge in [0.1, 0.15) is 0 Å². The molecule has 0 aromatic carbocycles. The molecule has 0 aliphatic heterocycles. The molecule has 4 nitrogen and oxygen atoms in total. The van der Waals surface area contributed by atoms with Crippen LogP contribution in [-0.2, 0) is 5.41 Å². The van der Waals surface area contributed by atoms with Gasteiger partial charge in [-0.25, -0.2) is 9.97 Å². The van der Waals surface area contributed by atoms with E-state index in [-0.39, 0.29) is 11.5 Å². The van der Waals surface area contributed by atoms with E-state index in [1.807, 2.05) is 24.2 Å². The number of hydrogen-bond donors (Lipinski definition) is 1. The molecule has 0 saturated carbocycles. The Balaban J connectivity index is 2.99. The van der Waals surface area contributed by atoms with Crippen LogP contribution in [0.4, 0.5) is 5.95 Å². The monoisotopic (exact) mass is 222 g/mol. The normalized spacial score (nSPS) is 13.6. The Kier molecular flexibility index (Phi) is 3.86. The summed E-state index contributed by atoms with van der Waals surface area (Å²) in [5.74, 6) is 0.741. The fourth-order valence-corrected chi connectivity index (χ4v) is 1.29. The minimum atomic E-state index is 0.0461. The molecule has 0 saturated heterocycles. The molecule has 0 radical (unpaired) electrons. The van der Waals surface area contributed by atoms with Crippen LogP contribution in [0.2, 0.25) is 0 Å². The third-order valence-electron chi connectivity index (χ3n) is 2.73. The highest BCUT2D eigenvalue weighted by molar-refractivity contribution is 5.32. The van der Waals surface area contributed by atoms with Crippen LogP contribution in [0.5, 0.6) is 0 Å². The van der Waals surface area contributed by atoms with E-state index in [2.05, 4.69) is 37.7 Å². The smallest absolute Gasteiger partial charge is 0.225 e. The van der Waals surface area contributed by atoms with Crippen molar-refractivity contribution in [2.45, 2.75) is 39.2 Å². The number of rotatable bonds is 3. The fraction of sp³-hybridized carbons (Fsp3) is 0.667. The van der Waals surface area contributed by atoms with Crippen LogP contribution in [-0.4, -0.2) is 29.6 Å². The van der Waals surface area contributed by atoms with Gasteiger partial charge in [-0.15, -0.1) is 0 Å². The number of nitrogens with zero attached hydrogens (tertiary/aromatic N) is 3. The summed E-state index contributed by atoms with van der Waals surface area (Å²) in [6.07, 6.45) is 1.81. The Morgan fingerprint density at radius 2 is 2.06 bits per heavy atom. The van der Waals surface area contributed by atoms with Gasteiger partial charge in [0.15, 0.2) is 0 Å². The lowest BCUT2D eigenvalue weighted by Gasteiger charge is -2.25. The van der Waals surface area contributed by atoms with Crippen LogP contribution in [0.25, 0.3) is 0 Å². The largest absolute Gasteiger partial charge is 0.340 e. The van der Waals surface area contributed by atoms with Crippen LogP contribution in [0.1, 0.15) is 33.4 Å². The molecule has 1 aromatic heterocycles. The molecular weight excluding hydrogens is 200 g/mol. The van der Waals surface area contributed by atoms with Gasteiger partial charge in [-0.05, 0) is 13.0 Å². The van der Waals surface area contributed by atoms with Gasteiger partial charge < -0.3 is 10.6 Å². The second kappa shape index (κ2) is 4.78. The Hall–Kier alpha value is -1.16. The zero-order chi connectivity index (χ0) is 12.3. The van der Waals surface area contributed by atoms with Crippen molar-refractivity contribution >= 4 is 5.95 Å². The van der Waals surface area contributed by atoms with Crippen LogP contribution in [0.3, 0.4) is 0 Å². The van der Waals surface area contributed by atoms with Crippen LogP contribution in [0, 0.1) is 0 Å². The molecule has 1 unspecified atom stereocenters. The lowest BCUT2D eigenvalue weighted by Crippen LogP contribution is -2.36. The van der Waals surface area contributed by atoms with Gasteiger partial charge in [0, 0.05) is 31.2 Å². The van der Waals surface area contributed by atoms with E-state index in [0.29, 0.717) is 6.54 Å². The molecule has 0 bridgehead atoms. The molecule has 0 aliphatic rings. The molecule has 1 heterocycles. The van der Waals surface area contributed by atoms with Crippen LogP contribution >= 0.6 is 0 Å². The maximum absolute atomic E-state index is 5.64. The van der Waals surface area contributed by atoms with E-state index in [9.17, 15) is 0 Å². The van der Waals surface area contributed by atoms with Gasteiger partial charge in [0.05, 0.1) is 5.69 Å². The molecule has 90 valence electrons. The Morgan fingerprint density at radius 1 is 1.44 bits per heavy atom. The van der Waals surface area contributed by atoms with Gasteiger partial charge in [-0.3, -0.25) is 0 Å². The molecule has 16 heavy (non-hydrogen) atoms. The SMILES string of the molecule is CC(CN)N(C)c1nccc(C(C)(C)C)n1. The summed E-state index contributed by atoms with van der Waals surface area (Å²) in [4.78, 5) is 10.9. The van der Waals surface area contributed by atoms with Gasteiger partial charge in [0.25, 0.3) is 0 Å². The Bertz CT molecular complexity index is 343. The van der Waals surface area contributed by atoms with Crippen molar-refractivity contribution in [1.82, 2.24) is 9.97 Å². The van der Waals surface area contributed by atoms with E-state index in [0.717, 1.165) is 11.6 Å². The zero-order valence-corrected chi connectivity index (χ0v) is 10.9. The van der Waals surface area contributed by atoms with E-state index >= 15 is 0 Å². The first-order valence-electron chi connectivity index (χ1n) is 5.62. The summed E-state index contributed by atoms with van der Waals surface area (Å²) < 4.78 is 0. The van der Waals surface area contributed by atoms with Gasteiger partial charge in [0.2, 0.25) is 5.95 Å². The third kappa shape index (κ3) is 2.92. The van der Waals surface area contributed by atoms with Crippen molar-refractivity contribution < 1.29 is 0 Å². The van der Waals surface area contributed by atoms with Crippen molar-refractivity contribution in [3.05, 3.63) is 18.0 Å². The highest BCUT2D eigenvalue weighted by atomic mass is 15.3. The van der Waals surface area contributed by atoms with Gasteiger partial charge in [-0.1, -0.05) is 20.8 Å². The highest BCUT2D eigenvalue weighted by Crippen LogP contribution is 2.21. The number of aromatic nitrogens is 2. The molecule has 0 aliphatic carbocycles. The molecule has 2 N–H and O–H groups in total. The van der Waals surface area contributed by atoms with Gasteiger partial charge >= 0.3 is 0 Å². The number of nitrogens with two attached hydrogens (primary N) is 1. The summed E-state index contributed by atoms with van der Waals surface area (Å²) in [5.41, 5.74) is 6.73. The quantitative estimate of drug-likeness (QED) is 0.843. The predicted molar refractivity (Wildman–Crippen MR) is 67.7 cm³/mol. The van der Waals surface area contributed by atoms with Gasteiger partial charge in [-0.2, -0.15) is 0 Å². The second-order valence-corrected chi connectivity index (χ2v) is 5.19. The van der Waals surface area contributed by atoms with E-state index < -0.39 is 0 Å².